The van der Waals surface area contributed by atoms with Gasteiger partial charge in [-0.1, -0.05) is 47.6 Å². The zero-order chi connectivity index (χ0) is 28.2. The van der Waals surface area contributed by atoms with Crippen LogP contribution in [0.1, 0.15) is 59.9 Å². The average molecular weight is 544 g/mol. The van der Waals surface area contributed by atoms with Gasteiger partial charge in [-0.3, -0.25) is 4.90 Å². The Labute approximate surface area is 234 Å². The molecule has 1 aliphatic heterocycles. The molecular formula is C30H49N5O2S. The van der Waals surface area contributed by atoms with Crippen LogP contribution in [0.4, 0.5) is 11.5 Å². The van der Waals surface area contributed by atoms with E-state index in [0.717, 1.165) is 70.0 Å². The number of thiophene rings is 1. The number of aromatic nitrogens is 1. The van der Waals surface area contributed by atoms with Gasteiger partial charge in [-0.25, -0.2) is 0 Å². The molecule has 8 heteroatoms. The van der Waals surface area contributed by atoms with E-state index in [9.17, 15) is 0 Å². The molecule has 0 radical (unpaired) electrons. The van der Waals surface area contributed by atoms with Crippen LogP contribution in [0.15, 0.2) is 41.8 Å². The Balaban J connectivity index is 0.000000399. The maximum Gasteiger partial charge on any atom is 0.217 e. The van der Waals surface area contributed by atoms with E-state index in [0.29, 0.717) is 18.3 Å². The van der Waals surface area contributed by atoms with Crippen molar-refractivity contribution in [3.05, 3.63) is 47.3 Å². The number of ether oxygens (including phenoxy) is 2. The normalized spacial score (nSPS) is 12.7. The van der Waals surface area contributed by atoms with Crippen LogP contribution in [0.3, 0.4) is 0 Å². The van der Waals surface area contributed by atoms with E-state index in [4.69, 9.17) is 20.6 Å². The summed E-state index contributed by atoms with van der Waals surface area (Å²) in [6.07, 6.45) is 3.59. The molecule has 1 aliphatic rings. The molecule has 212 valence electrons. The highest BCUT2D eigenvalue weighted by Crippen LogP contribution is 2.23. The van der Waals surface area contributed by atoms with Gasteiger partial charge in [0.05, 0.1) is 13.2 Å². The summed E-state index contributed by atoms with van der Waals surface area (Å²) in [6, 6.07) is 12.1. The Bertz CT molecular complexity index is 1010. The lowest BCUT2D eigenvalue weighted by Gasteiger charge is -2.26. The largest absolute Gasteiger partial charge is 0.476 e. The molecule has 1 saturated heterocycles. The van der Waals surface area contributed by atoms with E-state index >= 15 is 0 Å². The third-order valence-corrected chi connectivity index (χ3v) is 6.46. The molecule has 7 nitrogen and oxygen atoms in total. The maximum atomic E-state index is 7.05. The summed E-state index contributed by atoms with van der Waals surface area (Å²) in [5, 5.41) is 10.4. The van der Waals surface area contributed by atoms with E-state index in [1.54, 1.807) is 11.3 Å². The zero-order valence-corrected chi connectivity index (χ0v) is 25.2. The molecule has 3 aromatic rings. The van der Waals surface area contributed by atoms with Crippen molar-refractivity contribution in [1.82, 2.24) is 9.88 Å². The van der Waals surface area contributed by atoms with Gasteiger partial charge in [0.1, 0.15) is 12.4 Å². The molecule has 1 fully saturated rings. The Morgan fingerprint density at radius 2 is 1.74 bits per heavy atom. The van der Waals surface area contributed by atoms with Gasteiger partial charge in [-0.2, -0.15) is 4.98 Å². The standard InChI is InChI=1S/C17H30N4O2.C9H7NS.2C2H6/c1-3-5-21(6-4-2)15-13-16(18)19-17(14-15)23-12-9-20-7-10-22-11-8-20;10-6-7-1-2-9-8(5-7)3-4-11-9;2*1-2/h13-14H,3-12H2,1-2H3,(H2,18,19);1-6,10H;2*1-2H3. The molecule has 0 atom stereocenters. The quantitative estimate of drug-likeness (QED) is 0.269. The number of rotatable bonds is 10. The number of hydrogen-bond donors (Lipinski definition) is 2. The van der Waals surface area contributed by atoms with Gasteiger partial charge in [-0.15, -0.1) is 11.3 Å². The minimum absolute atomic E-state index is 0.515. The van der Waals surface area contributed by atoms with Gasteiger partial charge in [0.15, 0.2) is 0 Å². The monoisotopic (exact) mass is 543 g/mol. The Morgan fingerprint density at radius 3 is 2.37 bits per heavy atom. The molecule has 3 N–H and O–H groups in total. The van der Waals surface area contributed by atoms with Crippen molar-refractivity contribution in [3.8, 4) is 5.88 Å². The fourth-order valence-corrected chi connectivity index (χ4v) is 4.63. The van der Waals surface area contributed by atoms with E-state index in [1.165, 1.54) is 16.3 Å². The summed E-state index contributed by atoms with van der Waals surface area (Å²) in [4.78, 5) is 8.99. The number of hydrogen-bond acceptors (Lipinski definition) is 8. The highest BCUT2D eigenvalue weighted by molar-refractivity contribution is 7.17. The molecule has 0 amide bonds. The first-order chi connectivity index (χ1) is 18.6. The lowest BCUT2D eigenvalue weighted by atomic mass is 10.2. The lowest BCUT2D eigenvalue weighted by molar-refractivity contribution is 0.0320. The van der Waals surface area contributed by atoms with Crippen LogP contribution in [0.5, 0.6) is 5.88 Å². The number of benzene rings is 1. The smallest absolute Gasteiger partial charge is 0.217 e. The molecule has 0 bridgehead atoms. The molecule has 0 unspecified atom stereocenters. The van der Waals surface area contributed by atoms with Crippen LogP contribution in [-0.2, 0) is 4.74 Å². The van der Waals surface area contributed by atoms with Gasteiger partial charge in [0.2, 0.25) is 5.88 Å². The molecule has 4 rings (SSSR count). The molecule has 1 aromatic carbocycles. The fraction of sp³-hybridized carbons (Fsp3) is 0.533. The van der Waals surface area contributed by atoms with Crippen LogP contribution in [-0.4, -0.2) is 68.6 Å². The van der Waals surface area contributed by atoms with Crippen molar-refractivity contribution >= 4 is 39.1 Å². The predicted molar refractivity (Wildman–Crippen MR) is 167 cm³/mol. The summed E-state index contributed by atoms with van der Waals surface area (Å²) in [5.41, 5.74) is 8.03. The van der Waals surface area contributed by atoms with Crippen molar-refractivity contribution in [2.24, 2.45) is 0 Å². The topological polar surface area (TPSA) is 87.7 Å². The Kier molecular flexibility index (Phi) is 17.8. The number of pyridine rings is 1. The summed E-state index contributed by atoms with van der Waals surface area (Å²) in [6.45, 7) is 19.5. The van der Waals surface area contributed by atoms with Crippen molar-refractivity contribution in [1.29, 1.82) is 5.41 Å². The van der Waals surface area contributed by atoms with Gasteiger partial charge in [-0.05, 0) is 47.4 Å². The van der Waals surface area contributed by atoms with Crippen LogP contribution < -0.4 is 15.4 Å². The second-order valence-electron chi connectivity index (χ2n) is 8.24. The summed E-state index contributed by atoms with van der Waals surface area (Å²) >= 11 is 1.73. The lowest BCUT2D eigenvalue weighted by Crippen LogP contribution is -2.38. The van der Waals surface area contributed by atoms with Crippen molar-refractivity contribution < 1.29 is 9.47 Å². The molecule has 3 heterocycles. The average Bonchev–Trinajstić information content (AvgIpc) is 3.44. The van der Waals surface area contributed by atoms with E-state index in [1.807, 2.05) is 52.0 Å². The minimum atomic E-state index is 0.515. The van der Waals surface area contributed by atoms with Gasteiger partial charge >= 0.3 is 0 Å². The fourth-order valence-electron chi connectivity index (χ4n) is 3.86. The Morgan fingerprint density at radius 1 is 1.05 bits per heavy atom. The van der Waals surface area contributed by atoms with Gasteiger partial charge in [0, 0.05) is 61.5 Å². The second kappa shape index (κ2) is 20.3. The summed E-state index contributed by atoms with van der Waals surface area (Å²) < 4.78 is 12.5. The molecular weight excluding hydrogens is 494 g/mol. The zero-order valence-electron chi connectivity index (χ0n) is 24.3. The number of morpholine rings is 1. The van der Waals surface area contributed by atoms with Crippen molar-refractivity contribution in [2.45, 2.75) is 54.4 Å². The Hall–Kier alpha value is -2.68. The first-order valence-electron chi connectivity index (χ1n) is 14.1. The van der Waals surface area contributed by atoms with Crippen molar-refractivity contribution in [2.75, 3.05) is 63.2 Å². The number of anilines is 2. The van der Waals surface area contributed by atoms with Crippen LogP contribution in [0.2, 0.25) is 0 Å². The molecule has 2 aromatic heterocycles. The highest BCUT2D eigenvalue weighted by atomic mass is 32.1. The third kappa shape index (κ3) is 11.8. The van der Waals surface area contributed by atoms with E-state index in [2.05, 4.69) is 46.1 Å². The number of nitrogen functional groups attached to an aromatic ring is 1. The number of fused-ring (bicyclic) bond motifs is 1. The van der Waals surface area contributed by atoms with Gasteiger partial charge < -0.3 is 25.5 Å². The van der Waals surface area contributed by atoms with Gasteiger partial charge in [0.25, 0.3) is 0 Å². The SMILES string of the molecule is CC.CC.CCCN(CCC)c1cc(N)nc(OCCN2CCOCC2)c1.N=Cc1ccc2sccc2c1. The second-order valence-corrected chi connectivity index (χ2v) is 9.19. The first kappa shape index (κ1) is 33.3. The molecule has 38 heavy (non-hydrogen) atoms. The minimum Gasteiger partial charge on any atom is -0.476 e. The molecule has 0 saturated carbocycles. The maximum absolute atomic E-state index is 7.05. The summed E-state index contributed by atoms with van der Waals surface area (Å²) in [5.74, 6) is 1.13. The van der Waals surface area contributed by atoms with E-state index < -0.39 is 0 Å². The molecule has 0 spiro atoms. The van der Waals surface area contributed by atoms with Crippen LogP contribution in [0.25, 0.3) is 10.1 Å². The first-order valence-corrected chi connectivity index (χ1v) is 14.9. The highest BCUT2D eigenvalue weighted by Gasteiger charge is 2.12. The number of nitrogens with one attached hydrogen (secondary N) is 1. The van der Waals surface area contributed by atoms with Crippen molar-refractivity contribution in [3.63, 3.8) is 0 Å². The number of nitrogens with zero attached hydrogens (tertiary/aromatic N) is 3. The third-order valence-electron chi connectivity index (χ3n) is 5.56. The summed E-state index contributed by atoms with van der Waals surface area (Å²) in [7, 11) is 0. The predicted octanol–water partition coefficient (Wildman–Crippen LogP) is 6.95. The molecule has 0 aliphatic carbocycles. The van der Waals surface area contributed by atoms with Crippen LogP contribution in [0, 0.1) is 5.41 Å². The van der Waals surface area contributed by atoms with E-state index in [-0.39, 0.29) is 0 Å². The van der Waals surface area contributed by atoms with Crippen LogP contribution >= 0.6 is 11.3 Å². The number of nitrogens with two attached hydrogens (primary N) is 1.